The van der Waals surface area contributed by atoms with E-state index in [2.05, 4.69) is 171 Å². The van der Waals surface area contributed by atoms with Crippen molar-refractivity contribution in [3.63, 3.8) is 0 Å². The van der Waals surface area contributed by atoms with Crippen molar-refractivity contribution in [1.29, 1.82) is 0 Å². The Kier molecular flexibility index (Phi) is 14.5. The summed E-state index contributed by atoms with van der Waals surface area (Å²) in [6.45, 7) is 18.4. The van der Waals surface area contributed by atoms with Gasteiger partial charge in [-0.15, -0.1) is 5.19 Å². The molecule has 0 bridgehead atoms. The molecule has 0 unspecified atom stereocenters. The zero-order valence-corrected chi connectivity index (χ0v) is 33.9. The van der Waals surface area contributed by atoms with E-state index in [-0.39, 0.29) is 58.9 Å². The van der Waals surface area contributed by atoms with Gasteiger partial charge in [-0.3, -0.25) is 0 Å². The van der Waals surface area contributed by atoms with Gasteiger partial charge >= 0.3 is 21.7 Å². The van der Waals surface area contributed by atoms with Crippen LogP contribution in [0, 0.1) is 55.4 Å². The van der Waals surface area contributed by atoms with Crippen LogP contribution in [-0.2, 0) is 21.7 Å². The molecule has 0 aliphatic carbocycles. The summed E-state index contributed by atoms with van der Waals surface area (Å²) in [5, 5.41) is 5.90. The fraction of sp³-hybridized carbons (Fsp3) is 0.186. The van der Waals surface area contributed by atoms with E-state index in [0.717, 1.165) is 0 Å². The molecule has 0 spiro atoms. The summed E-state index contributed by atoms with van der Waals surface area (Å²) in [7, 11) is -2.85. The predicted octanol–water partition coefficient (Wildman–Crippen LogP) is -0.406. The quantitative estimate of drug-likeness (QED) is 0.124. The summed E-state index contributed by atoms with van der Waals surface area (Å²) in [5.41, 5.74) is 16.0. The summed E-state index contributed by atoms with van der Waals surface area (Å²) in [5.74, 6) is 0. The molecule has 0 N–H and O–H groups in total. The Bertz CT molecular complexity index is 1820. The monoisotopic (exact) mass is 740 g/mol. The molecule has 0 aromatic heterocycles. The summed E-state index contributed by atoms with van der Waals surface area (Å²) in [6.07, 6.45) is 0. The molecule has 6 aromatic carbocycles. The van der Waals surface area contributed by atoms with Crippen molar-refractivity contribution in [3.8, 4) is 22.3 Å². The van der Waals surface area contributed by atoms with Gasteiger partial charge in [-0.25, -0.2) is 0 Å². The maximum atomic E-state index is 2.53. The third-order valence-corrected chi connectivity index (χ3v) is 14.7. The molecule has 0 radical (unpaired) electrons. The van der Waals surface area contributed by atoms with Crippen molar-refractivity contribution in [2.75, 3.05) is 0 Å². The van der Waals surface area contributed by atoms with Gasteiger partial charge < -0.3 is 37.2 Å². The molecule has 0 amide bonds. The summed E-state index contributed by atoms with van der Waals surface area (Å²) < 4.78 is 0. The fourth-order valence-electron chi connectivity index (χ4n) is 7.54. The first-order valence-electron chi connectivity index (χ1n) is 15.8. The predicted molar refractivity (Wildman–Crippen MR) is 194 cm³/mol. The van der Waals surface area contributed by atoms with Crippen LogP contribution in [0.1, 0.15) is 44.5 Å². The molecular weight excluding hydrogens is 699 g/mol. The third-order valence-electron chi connectivity index (χ3n) is 9.70. The first-order valence-corrected chi connectivity index (χ1v) is 17.8. The molecule has 244 valence electrons. The van der Waals surface area contributed by atoms with E-state index in [1.165, 1.54) is 82.3 Å². The van der Waals surface area contributed by atoms with Gasteiger partial charge in [-0.1, -0.05) is 175 Å². The molecule has 0 atom stereocenters. The van der Waals surface area contributed by atoms with E-state index in [4.69, 9.17) is 0 Å². The Morgan fingerprint density at radius 2 is 0.688 bits per heavy atom. The number of aryl methyl sites for hydroxylation is 4. The third kappa shape index (κ3) is 7.53. The second kappa shape index (κ2) is 16.8. The van der Waals surface area contributed by atoms with Gasteiger partial charge in [-0.2, -0.15) is 22.3 Å². The van der Waals surface area contributed by atoms with Crippen molar-refractivity contribution in [1.82, 2.24) is 0 Å². The number of halogens is 3. The maximum absolute atomic E-state index is 2.85. The van der Waals surface area contributed by atoms with Crippen LogP contribution >= 0.6 is 0 Å². The van der Waals surface area contributed by atoms with Crippen LogP contribution in [0.3, 0.4) is 0 Å². The molecule has 0 nitrogen and oxygen atoms in total. The van der Waals surface area contributed by atoms with Gasteiger partial charge in [0.05, 0.1) is 0 Å². The van der Waals surface area contributed by atoms with Crippen molar-refractivity contribution < 1.29 is 58.9 Å². The molecule has 0 aliphatic rings. The SMILES string of the molecule is Cc1cc(C)cc([Si](c2cc(C)cc(C)c2)(c2cc(-c3ccccc3)cc(-c3ccccc3)c2)[c-]2c(C)c(C)c(C)c2C)c1.[Cl-].[Cl-].[Cl-].[Ti+4]. The van der Waals surface area contributed by atoms with Crippen LogP contribution in [0.5, 0.6) is 0 Å². The van der Waals surface area contributed by atoms with E-state index >= 15 is 0 Å². The molecule has 48 heavy (non-hydrogen) atoms. The molecule has 0 saturated carbocycles. The number of benzene rings is 5. The minimum absolute atomic E-state index is 0. The smallest absolute Gasteiger partial charge is 1.00 e. The van der Waals surface area contributed by atoms with Crippen LogP contribution in [0.4, 0.5) is 0 Å². The second-order valence-electron chi connectivity index (χ2n) is 12.9. The van der Waals surface area contributed by atoms with E-state index < -0.39 is 8.07 Å². The normalized spacial score (nSPS) is 10.7. The summed E-state index contributed by atoms with van der Waals surface area (Å²) in [6, 6.07) is 43.9. The maximum Gasteiger partial charge on any atom is 4.00 e. The Morgan fingerprint density at radius 1 is 0.375 bits per heavy atom. The first kappa shape index (κ1) is 41.4. The molecule has 0 aliphatic heterocycles. The van der Waals surface area contributed by atoms with Gasteiger partial charge in [0.1, 0.15) is 8.07 Å². The summed E-state index contributed by atoms with van der Waals surface area (Å²) in [4.78, 5) is 0. The van der Waals surface area contributed by atoms with Crippen LogP contribution in [0.25, 0.3) is 22.3 Å². The molecule has 0 fully saturated rings. The number of rotatable bonds is 6. The van der Waals surface area contributed by atoms with Crippen molar-refractivity contribution >= 4 is 28.8 Å². The fourth-order valence-corrected chi connectivity index (χ4v) is 13.4. The average Bonchev–Trinajstić information content (AvgIpc) is 3.20. The molecule has 6 aromatic rings. The van der Waals surface area contributed by atoms with Gasteiger partial charge in [0.2, 0.25) is 0 Å². The van der Waals surface area contributed by atoms with Crippen molar-refractivity contribution in [2.24, 2.45) is 0 Å². The minimum Gasteiger partial charge on any atom is -1.00 e. The zero-order chi connectivity index (χ0) is 31.2. The van der Waals surface area contributed by atoms with Crippen molar-refractivity contribution in [3.05, 3.63) is 160 Å². The Morgan fingerprint density at radius 3 is 1.02 bits per heavy atom. The number of hydrogen-bond donors (Lipinski definition) is 0. The minimum atomic E-state index is -2.85. The molecular formula is C43H43Cl3SiTi. The zero-order valence-electron chi connectivity index (χ0n) is 29.1. The van der Waals surface area contributed by atoms with Crippen molar-refractivity contribution in [2.45, 2.75) is 55.4 Å². The largest absolute Gasteiger partial charge is 4.00 e. The van der Waals surface area contributed by atoms with E-state index in [9.17, 15) is 0 Å². The molecule has 5 heteroatoms. The molecule has 6 rings (SSSR count). The van der Waals surface area contributed by atoms with E-state index in [0.29, 0.717) is 0 Å². The topological polar surface area (TPSA) is 0 Å². The van der Waals surface area contributed by atoms with Gasteiger partial charge in [-0.05, 0) is 56.0 Å². The number of hydrogen-bond acceptors (Lipinski definition) is 0. The van der Waals surface area contributed by atoms with Crippen LogP contribution in [0.2, 0.25) is 0 Å². The van der Waals surface area contributed by atoms with Gasteiger partial charge in [0.15, 0.2) is 0 Å². The van der Waals surface area contributed by atoms with Gasteiger partial charge in [0, 0.05) is 0 Å². The first-order chi connectivity index (χ1) is 21.1. The van der Waals surface area contributed by atoms with Crippen LogP contribution in [0.15, 0.2) is 115 Å². The Hall–Kier alpha value is -2.75. The average molecular weight is 742 g/mol. The van der Waals surface area contributed by atoms with E-state index in [1.807, 2.05) is 0 Å². The van der Waals surface area contributed by atoms with Crippen LogP contribution < -0.4 is 58.0 Å². The Labute approximate surface area is 322 Å². The standard InChI is InChI=1S/C43H43Si.3ClH.Ti/c1-28-19-29(2)22-40(21-28)44(41-23-30(3)20-31(4)24-41,43-34(7)32(5)33(6)35(43)8)42-26-38(36-15-11-9-12-16-36)25-39(27-42)37-17-13-10-14-18-37;;;;/h9-27H,1-8H3;3*1H;/q-1;;;;+4/p-3. The van der Waals surface area contributed by atoms with Crippen LogP contribution in [-0.4, -0.2) is 8.07 Å². The van der Waals surface area contributed by atoms with Gasteiger partial charge in [0.25, 0.3) is 0 Å². The second-order valence-corrected chi connectivity index (χ2v) is 16.6. The molecule has 0 saturated heterocycles. The summed E-state index contributed by atoms with van der Waals surface area (Å²) >= 11 is 0. The molecule has 0 heterocycles. The Balaban J connectivity index is 0.00000200. The van der Waals surface area contributed by atoms with E-state index in [1.54, 1.807) is 5.19 Å².